The molecule has 1 unspecified atom stereocenters. The van der Waals surface area contributed by atoms with Crippen molar-refractivity contribution in [3.05, 3.63) is 29.8 Å². The van der Waals surface area contributed by atoms with Gasteiger partial charge in [-0.2, -0.15) is 0 Å². The summed E-state index contributed by atoms with van der Waals surface area (Å²) < 4.78 is 10.4. The second-order valence-corrected chi connectivity index (χ2v) is 11.7. The number of hydrogen-bond donors (Lipinski definition) is 0. The van der Waals surface area contributed by atoms with E-state index in [0.29, 0.717) is 5.54 Å². The molecule has 0 saturated carbocycles. The van der Waals surface area contributed by atoms with Crippen LogP contribution in [0.25, 0.3) is 0 Å². The Morgan fingerprint density at radius 3 is 1.83 bits per heavy atom. The monoisotopic (exact) mass is 337 g/mol. The highest BCUT2D eigenvalue weighted by molar-refractivity contribution is 6.75. The van der Waals surface area contributed by atoms with Crippen LogP contribution in [0.15, 0.2) is 24.3 Å². The molecule has 0 radical (unpaired) electrons. The summed E-state index contributed by atoms with van der Waals surface area (Å²) in [5.41, 5.74) is 1.94. The van der Waals surface area contributed by atoms with Crippen LogP contribution in [0, 0.1) is 0 Å². The number of likely N-dealkylation sites (N-methyl/N-ethyl adjacent to an activating group) is 1. The van der Waals surface area contributed by atoms with Crippen LogP contribution in [0.3, 0.4) is 0 Å². The Morgan fingerprint density at radius 2 is 1.48 bits per heavy atom. The molecule has 0 aliphatic heterocycles. The largest absolute Gasteiger partial charge is 0.497 e. The molecule has 1 rings (SSSR count). The van der Waals surface area contributed by atoms with Crippen molar-refractivity contribution in [2.45, 2.75) is 24.9 Å². The van der Waals surface area contributed by atoms with E-state index in [9.17, 15) is 0 Å². The summed E-state index contributed by atoms with van der Waals surface area (Å²) in [6, 6.07) is 9.94. The van der Waals surface area contributed by atoms with Crippen molar-refractivity contribution in [2.75, 3.05) is 55.9 Å². The van der Waals surface area contributed by atoms with E-state index in [-0.39, 0.29) is 0 Å². The van der Waals surface area contributed by atoms with Crippen LogP contribution in [-0.2, 0) is 0 Å². The molecule has 1 aromatic rings. The highest BCUT2D eigenvalue weighted by Gasteiger charge is 2.46. The average molecular weight is 338 g/mol. The molecule has 0 fully saturated rings. The van der Waals surface area contributed by atoms with E-state index in [1.54, 1.807) is 7.11 Å². The molecule has 5 heteroatoms. The maximum atomic E-state index is 5.34. The first-order chi connectivity index (χ1) is 10.8. The first-order valence-corrected chi connectivity index (χ1v) is 10.6. The molecule has 132 valence electrons. The minimum absolute atomic E-state index is 0.522. The molecule has 0 bridgehead atoms. The van der Waals surface area contributed by atoms with Gasteiger partial charge in [-0.1, -0.05) is 25.5 Å². The van der Waals surface area contributed by atoms with Crippen LogP contribution in [-0.4, -0.2) is 78.4 Å². The summed E-state index contributed by atoms with van der Waals surface area (Å²) in [6.45, 7) is 3.37. The molecule has 1 atom stereocenters. The number of hydrogen-bond acceptors (Lipinski definition) is 4. The van der Waals surface area contributed by atoms with Crippen LogP contribution in [0.2, 0.25) is 6.04 Å². The number of methoxy groups -OCH3 is 1. The molecule has 0 aliphatic rings. The van der Waals surface area contributed by atoms with Crippen molar-refractivity contribution < 1.29 is 4.74 Å². The fourth-order valence-corrected chi connectivity index (χ4v) is 9.14. The maximum absolute atomic E-state index is 5.34. The third-order valence-electron chi connectivity index (χ3n) is 4.79. The van der Waals surface area contributed by atoms with Gasteiger partial charge in [-0.05, 0) is 66.0 Å². The Bertz CT molecular complexity index is 452. The Balaban J connectivity index is 3.38. The molecule has 0 N–H and O–H groups in total. The minimum Gasteiger partial charge on any atom is -0.497 e. The highest BCUT2D eigenvalue weighted by atomic mass is 28.3. The topological polar surface area (TPSA) is 19.0 Å². The summed E-state index contributed by atoms with van der Waals surface area (Å²) in [5, 5.41) is 0. The standard InChI is InChI=1S/C18H35N3OSi/c1-9-14-23(20(4)5,21(6)7)18(15-19(2)3)16-10-12-17(22-8)13-11-16/h10-13,18H,9,14-15H2,1-8H3. The Hall–Kier alpha value is -0.883. The number of rotatable bonds is 9. The van der Waals surface area contributed by atoms with E-state index in [0.717, 1.165) is 12.3 Å². The number of benzene rings is 1. The molecule has 0 aliphatic carbocycles. The van der Waals surface area contributed by atoms with Gasteiger partial charge in [0.2, 0.25) is 8.40 Å². The van der Waals surface area contributed by atoms with Gasteiger partial charge in [-0.15, -0.1) is 0 Å². The zero-order chi connectivity index (χ0) is 17.6. The Kier molecular flexibility index (Phi) is 7.74. The molecule has 0 spiro atoms. The van der Waals surface area contributed by atoms with Crippen LogP contribution in [0.4, 0.5) is 0 Å². The summed E-state index contributed by atoms with van der Waals surface area (Å²) in [7, 11) is 13.3. The molecular weight excluding hydrogens is 302 g/mol. The van der Waals surface area contributed by atoms with Gasteiger partial charge in [0, 0.05) is 12.1 Å². The number of nitrogens with zero attached hydrogens (tertiary/aromatic N) is 3. The zero-order valence-corrected chi connectivity index (χ0v) is 17.3. The Morgan fingerprint density at radius 1 is 0.957 bits per heavy atom. The summed E-state index contributed by atoms with van der Waals surface area (Å²) >= 11 is 0. The fraction of sp³-hybridized carbons (Fsp3) is 0.667. The van der Waals surface area contributed by atoms with Gasteiger partial charge in [-0.25, -0.2) is 0 Å². The second kappa shape index (κ2) is 8.83. The van der Waals surface area contributed by atoms with Crippen LogP contribution in [0.1, 0.15) is 24.4 Å². The zero-order valence-electron chi connectivity index (χ0n) is 16.3. The van der Waals surface area contributed by atoms with E-state index >= 15 is 0 Å². The van der Waals surface area contributed by atoms with E-state index in [4.69, 9.17) is 4.74 Å². The van der Waals surface area contributed by atoms with Gasteiger partial charge < -0.3 is 18.8 Å². The first-order valence-electron chi connectivity index (χ1n) is 8.43. The lowest BCUT2D eigenvalue weighted by Crippen LogP contribution is -2.66. The average Bonchev–Trinajstić information content (AvgIpc) is 2.50. The van der Waals surface area contributed by atoms with Crippen molar-refractivity contribution in [3.8, 4) is 5.75 Å². The second-order valence-electron chi connectivity index (χ2n) is 7.01. The lowest BCUT2D eigenvalue weighted by Gasteiger charge is -2.49. The summed E-state index contributed by atoms with van der Waals surface area (Å²) in [4.78, 5) is 2.32. The van der Waals surface area contributed by atoms with Gasteiger partial charge in [-0.3, -0.25) is 0 Å². The minimum atomic E-state index is -1.83. The van der Waals surface area contributed by atoms with E-state index < -0.39 is 8.40 Å². The quantitative estimate of drug-likeness (QED) is 0.645. The normalized spacial score (nSPS) is 13.9. The van der Waals surface area contributed by atoms with Gasteiger partial charge in [0.1, 0.15) is 5.75 Å². The molecule has 0 aromatic heterocycles. The van der Waals surface area contributed by atoms with Crippen LogP contribution >= 0.6 is 0 Å². The van der Waals surface area contributed by atoms with Crippen molar-refractivity contribution in [3.63, 3.8) is 0 Å². The fourth-order valence-electron chi connectivity index (χ4n) is 3.73. The third kappa shape index (κ3) is 4.56. The molecule has 0 heterocycles. The molecule has 4 nitrogen and oxygen atoms in total. The van der Waals surface area contributed by atoms with Gasteiger partial charge in [0.05, 0.1) is 7.11 Å². The van der Waals surface area contributed by atoms with Gasteiger partial charge >= 0.3 is 0 Å². The lowest BCUT2D eigenvalue weighted by molar-refractivity contribution is 0.367. The van der Waals surface area contributed by atoms with Crippen molar-refractivity contribution in [1.29, 1.82) is 0 Å². The van der Waals surface area contributed by atoms with Crippen molar-refractivity contribution >= 4 is 8.40 Å². The first kappa shape index (κ1) is 20.2. The SMILES string of the molecule is CCC[Si](C(CN(C)C)c1ccc(OC)cc1)(N(C)C)N(C)C. The molecule has 0 amide bonds. The molecule has 1 aromatic carbocycles. The van der Waals surface area contributed by atoms with E-state index in [2.05, 4.69) is 87.5 Å². The van der Waals surface area contributed by atoms with E-state index in [1.807, 2.05) is 0 Å². The summed E-state index contributed by atoms with van der Waals surface area (Å²) in [5.74, 6) is 0.926. The third-order valence-corrected chi connectivity index (χ3v) is 10.8. The summed E-state index contributed by atoms with van der Waals surface area (Å²) in [6.07, 6.45) is 1.21. The molecule has 23 heavy (non-hydrogen) atoms. The molecule has 0 saturated heterocycles. The Labute approximate surface area is 144 Å². The molecular formula is C18H35N3OSi. The smallest absolute Gasteiger partial charge is 0.214 e. The van der Waals surface area contributed by atoms with E-state index in [1.165, 1.54) is 18.0 Å². The van der Waals surface area contributed by atoms with Crippen molar-refractivity contribution in [1.82, 2.24) is 14.0 Å². The van der Waals surface area contributed by atoms with Gasteiger partial charge in [0.25, 0.3) is 0 Å². The van der Waals surface area contributed by atoms with Crippen molar-refractivity contribution in [2.24, 2.45) is 0 Å². The van der Waals surface area contributed by atoms with Gasteiger partial charge in [0.15, 0.2) is 0 Å². The predicted molar refractivity (Wildman–Crippen MR) is 103 cm³/mol. The lowest BCUT2D eigenvalue weighted by atomic mass is 10.1. The maximum Gasteiger partial charge on any atom is 0.214 e. The van der Waals surface area contributed by atoms with Crippen LogP contribution in [0.5, 0.6) is 5.75 Å². The highest BCUT2D eigenvalue weighted by Crippen LogP contribution is 2.35. The predicted octanol–water partition coefficient (Wildman–Crippen LogP) is 2.86. The van der Waals surface area contributed by atoms with Crippen LogP contribution < -0.4 is 4.74 Å². The number of ether oxygens (including phenoxy) is 1.